The maximum atomic E-state index is 11.5. The highest BCUT2D eigenvalue weighted by atomic mass is 16.5. The molecule has 0 saturated carbocycles. The van der Waals surface area contributed by atoms with Gasteiger partial charge in [-0.3, -0.25) is 9.59 Å². The third kappa shape index (κ3) is 17.0. The molecule has 0 aromatic carbocycles. The molecule has 0 amide bonds. The lowest BCUT2D eigenvalue weighted by Gasteiger charge is -2.05. The zero-order valence-electron chi connectivity index (χ0n) is 15.7. The minimum Gasteiger partial charge on any atom is -0.466 e. The van der Waals surface area contributed by atoms with E-state index in [0.29, 0.717) is 38.9 Å². The Kier molecular flexibility index (Phi) is 17.0. The van der Waals surface area contributed by atoms with Crippen molar-refractivity contribution >= 4 is 11.9 Å². The summed E-state index contributed by atoms with van der Waals surface area (Å²) in [4.78, 5) is 23.0. The molecule has 0 heterocycles. The number of esters is 2. The first-order chi connectivity index (χ1) is 11.7. The van der Waals surface area contributed by atoms with Crippen LogP contribution in [0.25, 0.3) is 0 Å². The van der Waals surface area contributed by atoms with Crippen molar-refractivity contribution in [3.63, 3.8) is 0 Å². The molecule has 0 radical (unpaired) electrons. The first-order valence-corrected chi connectivity index (χ1v) is 9.66. The molecule has 4 heteroatoms. The fourth-order valence-corrected chi connectivity index (χ4v) is 2.28. The van der Waals surface area contributed by atoms with Gasteiger partial charge < -0.3 is 9.47 Å². The number of carbonyl (C=O) groups excluding carboxylic acids is 2. The van der Waals surface area contributed by atoms with Crippen LogP contribution in [-0.2, 0) is 19.1 Å². The lowest BCUT2D eigenvalue weighted by Crippen LogP contribution is -2.07. The fourth-order valence-electron chi connectivity index (χ4n) is 2.28. The quantitative estimate of drug-likeness (QED) is 0.216. The number of allylic oxidation sites excluding steroid dienone is 1. The Labute approximate surface area is 148 Å². The van der Waals surface area contributed by atoms with Gasteiger partial charge in [0.1, 0.15) is 0 Å². The molecule has 0 saturated heterocycles. The van der Waals surface area contributed by atoms with Crippen LogP contribution < -0.4 is 0 Å². The van der Waals surface area contributed by atoms with Gasteiger partial charge in [-0.15, -0.1) is 0 Å². The number of hydrogen-bond acceptors (Lipinski definition) is 4. The Morgan fingerprint density at radius 2 is 1.29 bits per heavy atom. The highest BCUT2D eigenvalue weighted by Gasteiger charge is 2.05. The summed E-state index contributed by atoms with van der Waals surface area (Å²) in [6, 6.07) is 0. The van der Waals surface area contributed by atoms with E-state index >= 15 is 0 Å². The summed E-state index contributed by atoms with van der Waals surface area (Å²) in [5, 5.41) is 0. The van der Waals surface area contributed by atoms with Gasteiger partial charge >= 0.3 is 11.9 Å². The molecule has 0 aliphatic carbocycles. The number of unbranched alkanes of at least 4 members (excludes halogenated alkanes) is 6. The second-order valence-electron chi connectivity index (χ2n) is 6.08. The molecule has 0 aromatic heterocycles. The van der Waals surface area contributed by atoms with Gasteiger partial charge in [-0.05, 0) is 32.1 Å². The van der Waals surface area contributed by atoms with E-state index < -0.39 is 0 Å². The highest BCUT2D eigenvalue weighted by Crippen LogP contribution is 2.07. The van der Waals surface area contributed by atoms with Crippen LogP contribution in [0.1, 0.15) is 90.9 Å². The van der Waals surface area contributed by atoms with E-state index in [-0.39, 0.29) is 11.9 Å². The van der Waals surface area contributed by atoms with E-state index in [4.69, 9.17) is 9.47 Å². The number of rotatable bonds is 16. The minimum atomic E-state index is -0.180. The molecule has 0 unspecified atom stereocenters. The van der Waals surface area contributed by atoms with E-state index in [1.165, 1.54) is 25.7 Å². The van der Waals surface area contributed by atoms with Crippen molar-refractivity contribution in [3.8, 4) is 0 Å². The van der Waals surface area contributed by atoms with Gasteiger partial charge in [0, 0.05) is 12.8 Å². The van der Waals surface area contributed by atoms with E-state index in [1.807, 2.05) is 6.08 Å². The van der Waals surface area contributed by atoms with Gasteiger partial charge in [0.15, 0.2) is 0 Å². The molecular weight excluding hydrogens is 304 g/mol. The topological polar surface area (TPSA) is 52.6 Å². The summed E-state index contributed by atoms with van der Waals surface area (Å²) in [5.74, 6) is -0.332. The molecule has 0 bridgehead atoms. The van der Waals surface area contributed by atoms with Gasteiger partial charge in [0.05, 0.1) is 13.2 Å². The predicted molar refractivity (Wildman–Crippen MR) is 97.8 cm³/mol. The SMILES string of the molecule is CC/C=C/CCOC(=O)CCCCC(=O)OCCCCCCCC. The molecule has 24 heavy (non-hydrogen) atoms. The van der Waals surface area contributed by atoms with Crippen molar-refractivity contribution < 1.29 is 19.1 Å². The van der Waals surface area contributed by atoms with Crippen LogP contribution in [0.5, 0.6) is 0 Å². The highest BCUT2D eigenvalue weighted by molar-refractivity contribution is 5.70. The monoisotopic (exact) mass is 340 g/mol. The van der Waals surface area contributed by atoms with Gasteiger partial charge in [-0.25, -0.2) is 0 Å². The van der Waals surface area contributed by atoms with Crippen molar-refractivity contribution in [1.29, 1.82) is 0 Å². The van der Waals surface area contributed by atoms with Crippen LogP contribution in [0.3, 0.4) is 0 Å². The van der Waals surface area contributed by atoms with Crippen LogP contribution in [0, 0.1) is 0 Å². The van der Waals surface area contributed by atoms with E-state index in [9.17, 15) is 9.59 Å². The number of ether oxygens (including phenoxy) is 2. The Hall–Kier alpha value is -1.32. The first-order valence-electron chi connectivity index (χ1n) is 9.66. The third-order valence-corrected chi connectivity index (χ3v) is 3.72. The molecule has 0 atom stereocenters. The Morgan fingerprint density at radius 3 is 1.92 bits per heavy atom. The molecule has 0 aliphatic rings. The van der Waals surface area contributed by atoms with Crippen molar-refractivity contribution in [2.75, 3.05) is 13.2 Å². The maximum Gasteiger partial charge on any atom is 0.305 e. The minimum absolute atomic E-state index is 0.151. The summed E-state index contributed by atoms with van der Waals surface area (Å²) >= 11 is 0. The van der Waals surface area contributed by atoms with Crippen LogP contribution >= 0.6 is 0 Å². The Balaban J connectivity index is 3.35. The van der Waals surface area contributed by atoms with E-state index in [0.717, 1.165) is 25.7 Å². The van der Waals surface area contributed by atoms with Crippen molar-refractivity contribution in [3.05, 3.63) is 12.2 Å². The van der Waals surface area contributed by atoms with Crippen molar-refractivity contribution in [2.45, 2.75) is 90.9 Å². The second kappa shape index (κ2) is 18.0. The lowest BCUT2D eigenvalue weighted by molar-refractivity contribution is -0.145. The molecule has 0 N–H and O–H groups in total. The van der Waals surface area contributed by atoms with Gasteiger partial charge in [-0.1, -0.05) is 58.1 Å². The molecule has 0 aliphatic heterocycles. The summed E-state index contributed by atoms with van der Waals surface area (Å²) in [5.41, 5.74) is 0. The summed E-state index contributed by atoms with van der Waals surface area (Å²) in [6.45, 7) is 5.24. The van der Waals surface area contributed by atoms with E-state index in [1.54, 1.807) is 0 Å². The summed E-state index contributed by atoms with van der Waals surface area (Å²) in [7, 11) is 0. The molecule has 0 aromatic rings. The van der Waals surface area contributed by atoms with E-state index in [2.05, 4.69) is 19.9 Å². The molecule has 0 rings (SSSR count). The van der Waals surface area contributed by atoms with Crippen LogP contribution in [0.4, 0.5) is 0 Å². The largest absolute Gasteiger partial charge is 0.466 e. The smallest absolute Gasteiger partial charge is 0.305 e. The van der Waals surface area contributed by atoms with Crippen molar-refractivity contribution in [2.24, 2.45) is 0 Å². The van der Waals surface area contributed by atoms with Crippen LogP contribution in [0.2, 0.25) is 0 Å². The number of hydrogen-bond donors (Lipinski definition) is 0. The summed E-state index contributed by atoms with van der Waals surface area (Å²) < 4.78 is 10.3. The van der Waals surface area contributed by atoms with Gasteiger partial charge in [0.2, 0.25) is 0 Å². The van der Waals surface area contributed by atoms with Gasteiger partial charge in [-0.2, -0.15) is 0 Å². The maximum absolute atomic E-state index is 11.5. The zero-order valence-corrected chi connectivity index (χ0v) is 15.7. The van der Waals surface area contributed by atoms with Gasteiger partial charge in [0.25, 0.3) is 0 Å². The normalized spacial score (nSPS) is 10.9. The molecule has 4 nitrogen and oxygen atoms in total. The Morgan fingerprint density at radius 1 is 0.708 bits per heavy atom. The lowest BCUT2D eigenvalue weighted by atomic mass is 10.1. The summed E-state index contributed by atoms with van der Waals surface area (Å²) in [6.07, 6.45) is 15.1. The third-order valence-electron chi connectivity index (χ3n) is 3.72. The van der Waals surface area contributed by atoms with Crippen LogP contribution in [0.15, 0.2) is 12.2 Å². The first kappa shape index (κ1) is 22.7. The molecular formula is C20H36O4. The predicted octanol–water partition coefficient (Wildman–Crippen LogP) is 5.35. The standard InChI is InChI=1S/C20H36O4/c1-3-5-7-9-10-14-18-24-20(22)16-12-11-15-19(21)23-17-13-8-6-4-2/h6,8H,3-5,7,9-18H2,1-2H3/b8-6+. The average molecular weight is 341 g/mol. The number of carbonyl (C=O) groups is 2. The second-order valence-corrected chi connectivity index (χ2v) is 6.08. The zero-order chi connectivity index (χ0) is 17.9. The Bertz CT molecular complexity index is 337. The fraction of sp³-hybridized carbons (Fsp3) is 0.800. The molecule has 140 valence electrons. The average Bonchev–Trinajstić information content (AvgIpc) is 2.58. The molecule has 0 spiro atoms. The van der Waals surface area contributed by atoms with Crippen molar-refractivity contribution in [1.82, 2.24) is 0 Å². The van der Waals surface area contributed by atoms with Crippen LogP contribution in [-0.4, -0.2) is 25.2 Å². The molecule has 0 fully saturated rings.